The van der Waals surface area contributed by atoms with Crippen LogP contribution in [0.2, 0.25) is 0 Å². The Hall–Kier alpha value is -0.810. The van der Waals surface area contributed by atoms with Gasteiger partial charge in [-0.05, 0) is 18.2 Å². The number of benzene rings is 1. The Morgan fingerprint density at radius 1 is 1.42 bits per heavy atom. The van der Waals surface area contributed by atoms with Crippen LogP contribution in [0.1, 0.15) is 12.7 Å². The van der Waals surface area contributed by atoms with Crippen LogP contribution in [0.15, 0.2) is 18.2 Å². The Bertz CT molecular complexity index is 573. The van der Waals surface area contributed by atoms with Gasteiger partial charge in [-0.25, -0.2) is 4.98 Å². The molecule has 2 heterocycles. The molecule has 0 spiro atoms. The number of rotatable bonds is 3. The second-order valence-corrected chi connectivity index (χ2v) is 7.37. The molecule has 3 rings (SSSR count). The van der Waals surface area contributed by atoms with Gasteiger partial charge in [0.2, 0.25) is 0 Å². The number of imidazole rings is 1. The molecule has 1 aromatic heterocycles. The first-order chi connectivity index (χ1) is 9.28. The van der Waals surface area contributed by atoms with Gasteiger partial charge in [0.1, 0.15) is 5.82 Å². The number of nitrogens with zero attached hydrogens (tertiary/aromatic N) is 2. The van der Waals surface area contributed by atoms with E-state index in [-0.39, 0.29) is 0 Å². The van der Waals surface area contributed by atoms with Gasteiger partial charge in [-0.15, -0.1) is 0 Å². The Morgan fingerprint density at radius 2 is 2.32 bits per heavy atom. The van der Waals surface area contributed by atoms with Crippen molar-refractivity contribution in [2.24, 2.45) is 0 Å². The van der Waals surface area contributed by atoms with Gasteiger partial charge in [-0.2, -0.15) is 23.5 Å². The summed E-state index contributed by atoms with van der Waals surface area (Å²) in [5, 5.41) is 0.707. The van der Waals surface area contributed by atoms with Gasteiger partial charge in [0.25, 0.3) is 0 Å². The molecular weight excluding hydrogens is 274 g/mol. The van der Waals surface area contributed by atoms with E-state index >= 15 is 0 Å². The van der Waals surface area contributed by atoms with Crippen LogP contribution in [0.4, 0.5) is 5.69 Å². The zero-order valence-corrected chi connectivity index (χ0v) is 12.8. The maximum Gasteiger partial charge on any atom is 0.109 e. The van der Waals surface area contributed by atoms with Gasteiger partial charge >= 0.3 is 0 Å². The molecule has 1 saturated heterocycles. The highest BCUT2D eigenvalue weighted by Gasteiger charge is 2.18. The number of hydrogen-bond acceptors (Lipinski definition) is 4. The third-order valence-electron chi connectivity index (χ3n) is 3.44. The monoisotopic (exact) mass is 293 g/mol. The highest BCUT2D eigenvalue weighted by Crippen LogP contribution is 2.28. The number of nitrogens with two attached hydrogens (primary N) is 1. The van der Waals surface area contributed by atoms with Crippen molar-refractivity contribution < 1.29 is 0 Å². The fourth-order valence-corrected chi connectivity index (χ4v) is 5.17. The van der Waals surface area contributed by atoms with Gasteiger partial charge in [-0.1, -0.05) is 6.92 Å². The Labute approximate surface area is 122 Å². The fraction of sp³-hybridized carbons (Fsp3) is 0.500. The van der Waals surface area contributed by atoms with Crippen molar-refractivity contribution in [3.05, 3.63) is 24.0 Å². The van der Waals surface area contributed by atoms with Gasteiger partial charge < -0.3 is 10.3 Å². The molecule has 1 unspecified atom stereocenters. The molecule has 0 saturated carbocycles. The minimum Gasteiger partial charge on any atom is -0.399 e. The Morgan fingerprint density at radius 3 is 3.05 bits per heavy atom. The summed E-state index contributed by atoms with van der Waals surface area (Å²) in [6.45, 7) is 3.24. The Kier molecular flexibility index (Phi) is 3.93. The number of thioether (sulfide) groups is 2. The first-order valence-electron chi connectivity index (χ1n) is 6.72. The molecule has 1 aromatic carbocycles. The molecule has 19 heavy (non-hydrogen) atoms. The van der Waals surface area contributed by atoms with Crippen LogP contribution in [0, 0.1) is 0 Å². The minimum absolute atomic E-state index is 0.707. The van der Waals surface area contributed by atoms with Crippen molar-refractivity contribution >= 4 is 40.2 Å². The third kappa shape index (κ3) is 2.72. The number of anilines is 1. The lowest BCUT2D eigenvalue weighted by atomic mass is 10.3. The molecular formula is C14H19N3S2. The Balaban J connectivity index is 1.95. The lowest BCUT2D eigenvalue weighted by Gasteiger charge is -2.22. The smallest absolute Gasteiger partial charge is 0.109 e. The molecule has 5 heteroatoms. The normalized spacial score (nSPS) is 19.9. The highest BCUT2D eigenvalue weighted by atomic mass is 32.2. The second kappa shape index (κ2) is 5.67. The molecule has 1 atom stereocenters. The minimum atomic E-state index is 0.707. The molecule has 1 fully saturated rings. The molecule has 0 aliphatic carbocycles. The summed E-state index contributed by atoms with van der Waals surface area (Å²) in [6.07, 6.45) is 0.971. The standard InChI is InChI=1S/C14H19N3S2/c1-2-14-16-12-7-10(15)3-4-13(12)17(14)8-11-9-18-5-6-19-11/h3-4,7,11H,2,5-6,8-9,15H2,1H3. The maximum atomic E-state index is 5.85. The molecule has 0 bridgehead atoms. The summed E-state index contributed by atoms with van der Waals surface area (Å²) in [5.41, 5.74) is 8.90. The average molecular weight is 293 g/mol. The molecule has 2 N–H and O–H groups in total. The predicted molar refractivity (Wildman–Crippen MR) is 87.1 cm³/mol. The number of aryl methyl sites for hydroxylation is 1. The van der Waals surface area contributed by atoms with E-state index in [0.717, 1.165) is 24.2 Å². The van der Waals surface area contributed by atoms with Crippen molar-refractivity contribution in [2.75, 3.05) is 23.0 Å². The lowest BCUT2D eigenvalue weighted by Crippen LogP contribution is -2.21. The van der Waals surface area contributed by atoms with Crippen molar-refractivity contribution in [1.82, 2.24) is 9.55 Å². The summed E-state index contributed by atoms with van der Waals surface area (Å²) < 4.78 is 2.39. The van der Waals surface area contributed by atoms with E-state index in [4.69, 9.17) is 10.7 Å². The van der Waals surface area contributed by atoms with Gasteiger partial charge in [0.05, 0.1) is 11.0 Å². The van der Waals surface area contributed by atoms with Gasteiger partial charge in [-0.3, -0.25) is 0 Å². The van der Waals surface area contributed by atoms with E-state index in [1.54, 1.807) is 0 Å². The maximum absolute atomic E-state index is 5.85. The molecule has 102 valence electrons. The molecule has 0 radical (unpaired) electrons. The average Bonchev–Trinajstić information content (AvgIpc) is 2.77. The number of fused-ring (bicyclic) bond motifs is 1. The van der Waals surface area contributed by atoms with Gasteiger partial charge in [0, 0.05) is 41.2 Å². The summed E-state index contributed by atoms with van der Waals surface area (Å²) in [4.78, 5) is 4.72. The van der Waals surface area contributed by atoms with E-state index in [1.807, 2.05) is 12.1 Å². The largest absolute Gasteiger partial charge is 0.399 e. The van der Waals surface area contributed by atoms with Crippen LogP contribution in [0.3, 0.4) is 0 Å². The first kappa shape index (κ1) is 13.2. The van der Waals surface area contributed by atoms with Gasteiger partial charge in [0.15, 0.2) is 0 Å². The van der Waals surface area contributed by atoms with E-state index in [0.29, 0.717) is 5.25 Å². The zero-order chi connectivity index (χ0) is 13.2. The van der Waals surface area contributed by atoms with Crippen molar-refractivity contribution in [3.63, 3.8) is 0 Å². The lowest BCUT2D eigenvalue weighted by molar-refractivity contribution is 0.673. The van der Waals surface area contributed by atoms with Crippen LogP contribution < -0.4 is 5.73 Å². The van der Waals surface area contributed by atoms with Crippen LogP contribution in [-0.4, -0.2) is 32.1 Å². The summed E-state index contributed by atoms with van der Waals surface area (Å²) in [7, 11) is 0. The second-order valence-electron chi connectivity index (χ2n) is 4.81. The van der Waals surface area contributed by atoms with Crippen molar-refractivity contribution in [3.8, 4) is 0 Å². The zero-order valence-electron chi connectivity index (χ0n) is 11.1. The van der Waals surface area contributed by atoms with E-state index in [9.17, 15) is 0 Å². The van der Waals surface area contributed by atoms with Crippen molar-refractivity contribution in [1.29, 1.82) is 0 Å². The molecule has 1 aliphatic heterocycles. The number of hydrogen-bond donors (Lipinski definition) is 1. The van der Waals surface area contributed by atoms with Crippen LogP contribution >= 0.6 is 23.5 Å². The third-order valence-corrected chi connectivity index (χ3v) is 6.27. The molecule has 2 aromatic rings. The quantitative estimate of drug-likeness (QED) is 0.884. The number of aromatic nitrogens is 2. The van der Waals surface area contributed by atoms with Crippen LogP contribution in [0.5, 0.6) is 0 Å². The fourth-order valence-electron chi connectivity index (χ4n) is 2.52. The van der Waals surface area contributed by atoms with Crippen LogP contribution in [-0.2, 0) is 13.0 Å². The van der Waals surface area contributed by atoms with Crippen LogP contribution in [0.25, 0.3) is 11.0 Å². The van der Waals surface area contributed by atoms with E-state index in [1.165, 1.54) is 28.6 Å². The summed E-state index contributed by atoms with van der Waals surface area (Å²) in [6, 6.07) is 6.06. The SMILES string of the molecule is CCc1nc2cc(N)ccc2n1CC1CSCCS1. The summed E-state index contributed by atoms with van der Waals surface area (Å²) >= 11 is 4.17. The summed E-state index contributed by atoms with van der Waals surface area (Å²) in [5.74, 6) is 5.00. The number of nitrogen functional groups attached to an aromatic ring is 1. The van der Waals surface area contributed by atoms with Crippen molar-refractivity contribution in [2.45, 2.75) is 25.1 Å². The first-order valence-corrected chi connectivity index (χ1v) is 8.92. The predicted octanol–water partition coefficient (Wildman–Crippen LogP) is 3.03. The topological polar surface area (TPSA) is 43.8 Å². The molecule has 1 aliphatic rings. The van der Waals surface area contributed by atoms with E-state index in [2.05, 4.69) is 41.1 Å². The highest BCUT2D eigenvalue weighted by molar-refractivity contribution is 8.06. The molecule has 3 nitrogen and oxygen atoms in total. The van der Waals surface area contributed by atoms with E-state index < -0.39 is 0 Å². The molecule has 0 amide bonds.